The Morgan fingerprint density at radius 3 is 2.45 bits per heavy atom. The van der Waals surface area contributed by atoms with Gasteiger partial charge in [0.05, 0.1) is 6.42 Å². The van der Waals surface area contributed by atoms with Crippen LogP contribution in [-0.4, -0.2) is 17.0 Å². The van der Waals surface area contributed by atoms with Crippen molar-refractivity contribution in [3.05, 3.63) is 58.3 Å². The summed E-state index contributed by atoms with van der Waals surface area (Å²) in [5.74, 6) is -1.38. The molecule has 0 fully saturated rings. The van der Waals surface area contributed by atoms with Crippen molar-refractivity contribution >= 4 is 23.2 Å². The summed E-state index contributed by atoms with van der Waals surface area (Å²) in [6.45, 7) is 1.50. The third-order valence-corrected chi connectivity index (χ3v) is 3.96. The minimum atomic E-state index is -1.42. The molecule has 20 heavy (non-hydrogen) atoms. The Balaban J connectivity index is 2.18. The Bertz CT molecular complexity index is 595. The fraction of sp³-hybridized carbons (Fsp3) is 0.200. The first kappa shape index (κ1) is 14.3. The number of aliphatic carboxylic acids is 1. The molecule has 2 N–H and O–H groups in total. The van der Waals surface area contributed by atoms with Gasteiger partial charge < -0.3 is 10.4 Å². The molecule has 0 spiro atoms. The molecule has 1 aromatic heterocycles. The van der Waals surface area contributed by atoms with Gasteiger partial charge in [-0.3, -0.25) is 4.79 Å². The van der Waals surface area contributed by atoms with Crippen molar-refractivity contribution in [2.45, 2.75) is 18.9 Å². The van der Waals surface area contributed by atoms with Gasteiger partial charge in [-0.25, -0.2) is 4.79 Å². The zero-order valence-corrected chi connectivity index (χ0v) is 11.8. The predicted molar refractivity (Wildman–Crippen MR) is 77.6 cm³/mol. The first-order chi connectivity index (χ1) is 9.52. The normalized spacial score (nSPS) is 13.4. The molecule has 1 amide bonds. The molecule has 5 heteroatoms. The monoisotopic (exact) mass is 289 g/mol. The van der Waals surface area contributed by atoms with E-state index in [9.17, 15) is 14.7 Å². The van der Waals surface area contributed by atoms with E-state index in [2.05, 4.69) is 5.32 Å². The van der Waals surface area contributed by atoms with Gasteiger partial charge in [-0.05, 0) is 23.9 Å². The number of carbonyl (C=O) groups is 2. The summed E-state index contributed by atoms with van der Waals surface area (Å²) >= 11 is 1.47. The molecule has 1 aromatic carbocycles. The van der Waals surface area contributed by atoms with Crippen LogP contribution in [0.1, 0.15) is 17.4 Å². The highest BCUT2D eigenvalue weighted by atomic mass is 32.1. The van der Waals surface area contributed by atoms with E-state index in [1.165, 1.54) is 18.3 Å². The number of benzene rings is 1. The van der Waals surface area contributed by atoms with Gasteiger partial charge in [0.15, 0.2) is 5.54 Å². The molecule has 1 heterocycles. The molecule has 1 atom stereocenters. The molecule has 0 aliphatic heterocycles. The minimum absolute atomic E-state index is 0.188. The standard InChI is InChI=1S/C15H15NO3S/c1-15(14(18)19,11-6-3-2-4-7-11)16-13(17)10-12-8-5-9-20-12/h2-9H,10H2,1H3,(H,16,17)(H,18,19). The Morgan fingerprint density at radius 2 is 1.90 bits per heavy atom. The maximum Gasteiger partial charge on any atom is 0.333 e. The van der Waals surface area contributed by atoms with Crippen LogP contribution in [0.3, 0.4) is 0 Å². The quantitative estimate of drug-likeness (QED) is 0.888. The molecule has 1 unspecified atom stereocenters. The number of carboxylic acids is 1. The second-order valence-corrected chi connectivity index (χ2v) is 5.63. The molecule has 0 aliphatic rings. The van der Waals surface area contributed by atoms with E-state index in [0.717, 1.165) is 4.88 Å². The highest BCUT2D eigenvalue weighted by molar-refractivity contribution is 7.10. The first-order valence-corrected chi connectivity index (χ1v) is 7.02. The molecular weight excluding hydrogens is 274 g/mol. The summed E-state index contributed by atoms with van der Waals surface area (Å²) in [6.07, 6.45) is 0.188. The molecular formula is C15H15NO3S. The maximum atomic E-state index is 12.0. The highest BCUT2D eigenvalue weighted by Gasteiger charge is 2.36. The Morgan fingerprint density at radius 1 is 1.20 bits per heavy atom. The minimum Gasteiger partial charge on any atom is -0.479 e. The maximum absolute atomic E-state index is 12.0. The average molecular weight is 289 g/mol. The number of carboxylic acid groups (broad SMARTS) is 1. The lowest BCUT2D eigenvalue weighted by Gasteiger charge is -2.26. The van der Waals surface area contributed by atoms with Crippen LogP contribution in [0.2, 0.25) is 0 Å². The van der Waals surface area contributed by atoms with Crippen molar-refractivity contribution in [3.63, 3.8) is 0 Å². The van der Waals surface area contributed by atoms with Crippen LogP contribution in [0.15, 0.2) is 47.8 Å². The Kier molecular flexibility index (Phi) is 4.20. The van der Waals surface area contributed by atoms with Gasteiger partial charge in [0.2, 0.25) is 5.91 Å². The predicted octanol–water partition coefficient (Wildman–Crippen LogP) is 2.41. The van der Waals surface area contributed by atoms with Gasteiger partial charge in [0.1, 0.15) is 0 Å². The van der Waals surface area contributed by atoms with E-state index in [-0.39, 0.29) is 12.3 Å². The second-order valence-electron chi connectivity index (χ2n) is 4.60. The summed E-state index contributed by atoms with van der Waals surface area (Å²) in [5, 5.41) is 13.9. The van der Waals surface area contributed by atoms with Crippen molar-refractivity contribution in [2.75, 3.05) is 0 Å². The summed E-state index contributed by atoms with van der Waals surface area (Å²) in [5.41, 5.74) is -0.873. The molecule has 0 bridgehead atoms. The van der Waals surface area contributed by atoms with E-state index in [0.29, 0.717) is 5.56 Å². The molecule has 2 rings (SSSR count). The SMILES string of the molecule is CC(NC(=O)Cc1cccs1)(C(=O)O)c1ccccc1. The van der Waals surface area contributed by atoms with Crippen LogP contribution >= 0.6 is 11.3 Å². The second kappa shape index (κ2) is 5.88. The Labute approximate surface area is 121 Å². The van der Waals surface area contributed by atoms with Crippen LogP contribution in [0, 0.1) is 0 Å². The molecule has 0 saturated carbocycles. The topological polar surface area (TPSA) is 66.4 Å². The molecule has 0 aliphatic carbocycles. The van der Waals surface area contributed by atoms with Crippen LogP contribution in [-0.2, 0) is 21.5 Å². The zero-order valence-electron chi connectivity index (χ0n) is 11.0. The van der Waals surface area contributed by atoms with Gasteiger partial charge in [0.25, 0.3) is 0 Å². The number of rotatable bonds is 5. The van der Waals surface area contributed by atoms with Crippen LogP contribution in [0.25, 0.3) is 0 Å². The van der Waals surface area contributed by atoms with Gasteiger partial charge in [-0.2, -0.15) is 0 Å². The lowest BCUT2D eigenvalue weighted by molar-refractivity contribution is -0.147. The summed E-state index contributed by atoms with van der Waals surface area (Å²) in [6, 6.07) is 12.4. The fourth-order valence-electron chi connectivity index (χ4n) is 1.92. The first-order valence-electron chi connectivity index (χ1n) is 6.14. The highest BCUT2D eigenvalue weighted by Crippen LogP contribution is 2.21. The van der Waals surface area contributed by atoms with Crippen LogP contribution in [0.4, 0.5) is 0 Å². The van der Waals surface area contributed by atoms with Gasteiger partial charge in [-0.15, -0.1) is 11.3 Å². The van der Waals surface area contributed by atoms with Crippen LogP contribution < -0.4 is 5.32 Å². The number of nitrogens with one attached hydrogen (secondary N) is 1. The number of hydrogen-bond acceptors (Lipinski definition) is 3. The molecule has 2 aromatic rings. The number of carbonyl (C=O) groups excluding carboxylic acids is 1. The van der Waals surface area contributed by atoms with Crippen molar-refractivity contribution in [1.29, 1.82) is 0 Å². The summed E-state index contributed by atoms with van der Waals surface area (Å²) < 4.78 is 0. The molecule has 104 valence electrons. The lowest BCUT2D eigenvalue weighted by atomic mass is 9.92. The van der Waals surface area contributed by atoms with Crippen molar-refractivity contribution in [1.82, 2.24) is 5.32 Å². The number of thiophene rings is 1. The average Bonchev–Trinajstić information content (AvgIpc) is 2.92. The van der Waals surface area contributed by atoms with Crippen LogP contribution in [0.5, 0.6) is 0 Å². The van der Waals surface area contributed by atoms with E-state index < -0.39 is 11.5 Å². The third-order valence-electron chi connectivity index (χ3n) is 3.08. The molecule has 4 nitrogen and oxygen atoms in total. The lowest BCUT2D eigenvalue weighted by Crippen LogP contribution is -2.50. The zero-order chi connectivity index (χ0) is 14.6. The number of hydrogen-bond donors (Lipinski definition) is 2. The largest absolute Gasteiger partial charge is 0.479 e. The van der Waals surface area contributed by atoms with E-state index >= 15 is 0 Å². The van der Waals surface area contributed by atoms with E-state index in [1.54, 1.807) is 30.3 Å². The summed E-state index contributed by atoms with van der Waals surface area (Å²) in [4.78, 5) is 24.5. The van der Waals surface area contributed by atoms with Crippen molar-refractivity contribution in [2.24, 2.45) is 0 Å². The molecule has 0 radical (unpaired) electrons. The van der Waals surface area contributed by atoms with E-state index in [1.807, 2.05) is 17.5 Å². The van der Waals surface area contributed by atoms with Gasteiger partial charge in [0, 0.05) is 4.88 Å². The fourth-order valence-corrected chi connectivity index (χ4v) is 2.62. The van der Waals surface area contributed by atoms with Gasteiger partial charge >= 0.3 is 5.97 Å². The van der Waals surface area contributed by atoms with Crippen molar-refractivity contribution < 1.29 is 14.7 Å². The Hall–Kier alpha value is -2.14. The van der Waals surface area contributed by atoms with E-state index in [4.69, 9.17) is 0 Å². The molecule has 0 saturated heterocycles. The summed E-state index contributed by atoms with van der Waals surface area (Å²) in [7, 11) is 0. The third kappa shape index (κ3) is 3.05. The van der Waals surface area contributed by atoms with Crippen molar-refractivity contribution in [3.8, 4) is 0 Å². The smallest absolute Gasteiger partial charge is 0.333 e. The number of amides is 1. The van der Waals surface area contributed by atoms with Gasteiger partial charge in [-0.1, -0.05) is 36.4 Å².